The number of nitrogens with zero attached hydrogens (tertiary/aromatic N) is 1. The molecule has 1 saturated carbocycles. The van der Waals surface area contributed by atoms with Crippen LogP contribution in [0.25, 0.3) is 0 Å². The summed E-state index contributed by atoms with van der Waals surface area (Å²) in [6.07, 6.45) is 4.57. The van der Waals surface area contributed by atoms with E-state index in [1.165, 1.54) is 26.0 Å². The zero-order chi connectivity index (χ0) is 15.2. The highest BCUT2D eigenvalue weighted by atomic mass is 19.1. The molecule has 21 heavy (non-hydrogen) atoms. The molecule has 1 aromatic carbocycles. The molecule has 1 amide bonds. The second-order valence-electron chi connectivity index (χ2n) is 5.69. The van der Waals surface area contributed by atoms with Gasteiger partial charge >= 0.3 is 0 Å². The van der Waals surface area contributed by atoms with Crippen molar-refractivity contribution in [2.24, 2.45) is 0 Å². The first-order valence-electron chi connectivity index (χ1n) is 7.39. The largest absolute Gasteiger partial charge is 0.494 e. The van der Waals surface area contributed by atoms with Crippen LogP contribution >= 0.6 is 0 Å². The van der Waals surface area contributed by atoms with Crippen LogP contribution in [0.1, 0.15) is 31.2 Å². The van der Waals surface area contributed by atoms with Crippen molar-refractivity contribution in [1.82, 2.24) is 10.2 Å². The number of benzene rings is 1. The van der Waals surface area contributed by atoms with Gasteiger partial charge in [-0.15, -0.1) is 0 Å². The third kappa shape index (κ3) is 4.70. The maximum absolute atomic E-state index is 13.6. The van der Waals surface area contributed by atoms with Crippen LogP contribution in [0.5, 0.6) is 5.75 Å². The third-order valence-corrected chi connectivity index (χ3v) is 3.80. The van der Waals surface area contributed by atoms with E-state index in [0.717, 1.165) is 18.4 Å². The second kappa shape index (κ2) is 7.41. The number of carbonyl (C=O) groups is 1. The Morgan fingerprint density at radius 3 is 2.76 bits per heavy atom. The molecule has 0 spiro atoms. The van der Waals surface area contributed by atoms with E-state index in [-0.39, 0.29) is 17.5 Å². The molecule has 1 aliphatic rings. The quantitative estimate of drug-likeness (QED) is 0.875. The fourth-order valence-electron chi connectivity index (χ4n) is 2.76. The van der Waals surface area contributed by atoms with Crippen molar-refractivity contribution < 1.29 is 13.9 Å². The van der Waals surface area contributed by atoms with Crippen molar-refractivity contribution in [2.45, 2.75) is 38.3 Å². The Balaban J connectivity index is 1.81. The summed E-state index contributed by atoms with van der Waals surface area (Å²) in [5.41, 5.74) is 0.824. The Kier molecular flexibility index (Phi) is 5.56. The summed E-state index contributed by atoms with van der Waals surface area (Å²) in [7, 11) is 3.30. The topological polar surface area (TPSA) is 41.6 Å². The molecule has 2 rings (SSSR count). The molecule has 1 aliphatic carbocycles. The molecule has 0 atom stereocenters. The number of halogens is 1. The van der Waals surface area contributed by atoms with Crippen LogP contribution in [0.2, 0.25) is 0 Å². The Bertz CT molecular complexity index is 487. The lowest BCUT2D eigenvalue weighted by molar-refractivity contribution is -0.122. The number of rotatable bonds is 6. The summed E-state index contributed by atoms with van der Waals surface area (Å²) in [6.45, 7) is 0.850. The predicted octanol–water partition coefficient (Wildman–Crippen LogP) is 2.32. The molecule has 0 unspecified atom stereocenters. The summed E-state index contributed by atoms with van der Waals surface area (Å²) in [5.74, 6) is -0.0995. The first kappa shape index (κ1) is 15.8. The van der Waals surface area contributed by atoms with Gasteiger partial charge in [-0.25, -0.2) is 4.39 Å². The fraction of sp³-hybridized carbons (Fsp3) is 0.562. The van der Waals surface area contributed by atoms with E-state index in [0.29, 0.717) is 19.1 Å². The molecule has 4 nitrogen and oxygen atoms in total. The highest BCUT2D eigenvalue weighted by molar-refractivity contribution is 5.78. The average molecular weight is 294 g/mol. The molecule has 0 saturated heterocycles. The molecule has 1 N–H and O–H groups in total. The van der Waals surface area contributed by atoms with E-state index in [1.807, 2.05) is 18.0 Å². The molecule has 0 bridgehead atoms. The van der Waals surface area contributed by atoms with E-state index in [1.54, 1.807) is 6.07 Å². The monoisotopic (exact) mass is 294 g/mol. The van der Waals surface area contributed by atoms with E-state index in [2.05, 4.69) is 5.32 Å². The van der Waals surface area contributed by atoms with Crippen LogP contribution in [-0.4, -0.2) is 37.6 Å². The Morgan fingerprint density at radius 2 is 2.14 bits per heavy atom. The van der Waals surface area contributed by atoms with Gasteiger partial charge in [0.05, 0.1) is 13.7 Å². The maximum atomic E-state index is 13.6. The van der Waals surface area contributed by atoms with Gasteiger partial charge in [0.1, 0.15) is 0 Å². The molecule has 0 radical (unpaired) electrons. The predicted molar refractivity (Wildman–Crippen MR) is 79.7 cm³/mol. The van der Waals surface area contributed by atoms with E-state index in [4.69, 9.17) is 4.74 Å². The summed E-state index contributed by atoms with van der Waals surface area (Å²) >= 11 is 0. The summed E-state index contributed by atoms with van der Waals surface area (Å²) in [5, 5.41) is 3.05. The molecule has 116 valence electrons. The van der Waals surface area contributed by atoms with Crippen molar-refractivity contribution in [3.63, 3.8) is 0 Å². The minimum absolute atomic E-state index is 0.0402. The van der Waals surface area contributed by atoms with Crippen molar-refractivity contribution in [3.8, 4) is 5.75 Å². The van der Waals surface area contributed by atoms with E-state index >= 15 is 0 Å². The molecule has 0 heterocycles. The van der Waals surface area contributed by atoms with Crippen LogP contribution in [0, 0.1) is 5.82 Å². The van der Waals surface area contributed by atoms with E-state index in [9.17, 15) is 9.18 Å². The lowest BCUT2D eigenvalue weighted by atomic mass is 10.2. The van der Waals surface area contributed by atoms with Crippen molar-refractivity contribution in [2.75, 3.05) is 20.7 Å². The van der Waals surface area contributed by atoms with Gasteiger partial charge in [0.25, 0.3) is 0 Å². The molecule has 0 aliphatic heterocycles. The number of hydrogen-bond donors (Lipinski definition) is 1. The standard InChI is InChI=1S/C16H23FN2O2/c1-19(11-16(20)18-13-5-3-4-6-13)10-12-7-8-15(21-2)14(17)9-12/h7-9,13H,3-6,10-11H2,1-2H3,(H,18,20). The molecule has 1 fully saturated rings. The van der Waals surface area contributed by atoms with Gasteiger partial charge in [-0.2, -0.15) is 0 Å². The highest BCUT2D eigenvalue weighted by Gasteiger charge is 2.17. The van der Waals surface area contributed by atoms with Crippen LogP contribution in [0.4, 0.5) is 4.39 Å². The molecule has 5 heteroatoms. The molecular weight excluding hydrogens is 271 g/mol. The lowest BCUT2D eigenvalue weighted by Gasteiger charge is -2.18. The number of carbonyl (C=O) groups excluding carboxylic acids is 1. The van der Waals surface area contributed by atoms with Crippen LogP contribution < -0.4 is 10.1 Å². The highest BCUT2D eigenvalue weighted by Crippen LogP contribution is 2.19. The smallest absolute Gasteiger partial charge is 0.234 e. The molecular formula is C16H23FN2O2. The summed E-state index contributed by atoms with van der Waals surface area (Å²) in [6, 6.07) is 5.21. The first-order valence-corrected chi connectivity index (χ1v) is 7.39. The van der Waals surface area contributed by atoms with Crippen molar-refractivity contribution >= 4 is 5.91 Å². The SMILES string of the molecule is COc1ccc(CN(C)CC(=O)NC2CCCC2)cc1F. The van der Waals surface area contributed by atoms with Crippen molar-refractivity contribution in [3.05, 3.63) is 29.6 Å². The third-order valence-electron chi connectivity index (χ3n) is 3.80. The number of methoxy groups -OCH3 is 1. The normalized spacial score (nSPS) is 15.4. The van der Waals surface area contributed by atoms with Gasteiger partial charge in [0.2, 0.25) is 5.91 Å². The van der Waals surface area contributed by atoms with Crippen molar-refractivity contribution in [1.29, 1.82) is 0 Å². The fourth-order valence-corrected chi connectivity index (χ4v) is 2.76. The van der Waals surface area contributed by atoms with E-state index < -0.39 is 0 Å². The first-order chi connectivity index (χ1) is 10.1. The van der Waals surface area contributed by atoms with Gasteiger partial charge in [0, 0.05) is 12.6 Å². The van der Waals surface area contributed by atoms with Gasteiger partial charge in [-0.3, -0.25) is 9.69 Å². The molecule has 0 aromatic heterocycles. The molecule has 1 aromatic rings. The number of amides is 1. The number of nitrogens with one attached hydrogen (secondary N) is 1. The number of likely N-dealkylation sites (N-methyl/N-ethyl adjacent to an activating group) is 1. The maximum Gasteiger partial charge on any atom is 0.234 e. The minimum atomic E-state index is -0.376. The zero-order valence-corrected chi connectivity index (χ0v) is 12.7. The summed E-state index contributed by atoms with van der Waals surface area (Å²) in [4.78, 5) is 13.8. The van der Waals surface area contributed by atoms with Gasteiger partial charge in [-0.1, -0.05) is 18.9 Å². The second-order valence-corrected chi connectivity index (χ2v) is 5.69. The van der Waals surface area contributed by atoms with Crippen LogP contribution in [0.3, 0.4) is 0 Å². The average Bonchev–Trinajstić information content (AvgIpc) is 2.91. The number of ether oxygens (including phenoxy) is 1. The van der Waals surface area contributed by atoms with Crippen LogP contribution in [0.15, 0.2) is 18.2 Å². The minimum Gasteiger partial charge on any atom is -0.494 e. The van der Waals surface area contributed by atoms with Gasteiger partial charge in [-0.05, 0) is 37.6 Å². The van der Waals surface area contributed by atoms with Crippen LogP contribution in [-0.2, 0) is 11.3 Å². The Hall–Kier alpha value is -1.62. The summed E-state index contributed by atoms with van der Waals surface area (Å²) < 4.78 is 18.5. The number of hydrogen-bond acceptors (Lipinski definition) is 3. The Morgan fingerprint density at radius 1 is 1.43 bits per heavy atom. The van der Waals surface area contributed by atoms with Gasteiger partial charge in [0.15, 0.2) is 11.6 Å². The lowest BCUT2D eigenvalue weighted by Crippen LogP contribution is -2.39. The zero-order valence-electron chi connectivity index (χ0n) is 12.7. The van der Waals surface area contributed by atoms with Gasteiger partial charge < -0.3 is 10.1 Å². The Labute approximate surface area is 125 Å².